The summed E-state index contributed by atoms with van der Waals surface area (Å²) in [6.45, 7) is 4.72. The summed E-state index contributed by atoms with van der Waals surface area (Å²) >= 11 is 0. The minimum atomic E-state index is 0.0819. The average molecular weight is 375 g/mol. The minimum Gasteiger partial charge on any atom is -0.340 e. The van der Waals surface area contributed by atoms with Gasteiger partial charge in [-0.25, -0.2) is 0 Å². The Morgan fingerprint density at radius 2 is 1.50 bits per heavy atom. The molecule has 2 heterocycles. The largest absolute Gasteiger partial charge is 0.340 e. The van der Waals surface area contributed by atoms with Crippen LogP contribution >= 0.6 is 0 Å². The van der Waals surface area contributed by atoms with Crippen LogP contribution in [0.1, 0.15) is 13.3 Å². The van der Waals surface area contributed by atoms with Gasteiger partial charge >= 0.3 is 0 Å². The molecular formula is C23H25N3O2. The molecule has 1 saturated heterocycles. The van der Waals surface area contributed by atoms with Crippen molar-refractivity contribution in [2.75, 3.05) is 26.2 Å². The van der Waals surface area contributed by atoms with Crippen molar-refractivity contribution in [2.24, 2.45) is 0 Å². The van der Waals surface area contributed by atoms with E-state index in [1.165, 1.54) is 5.39 Å². The second kappa shape index (κ2) is 7.89. The molecule has 3 aromatic rings. The zero-order chi connectivity index (χ0) is 19.5. The number of aromatic nitrogens is 1. The van der Waals surface area contributed by atoms with Crippen molar-refractivity contribution in [3.63, 3.8) is 0 Å². The van der Waals surface area contributed by atoms with Gasteiger partial charge < -0.3 is 14.4 Å². The first-order valence-corrected chi connectivity index (χ1v) is 9.80. The molecule has 0 spiro atoms. The van der Waals surface area contributed by atoms with Crippen LogP contribution in [0, 0.1) is 0 Å². The van der Waals surface area contributed by atoms with E-state index in [4.69, 9.17) is 0 Å². The minimum absolute atomic E-state index is 0.0819. The highest BCUT2D eigenvalue weighted by Crippen LogP contribution is 2.28. The molecule has 5 nitrogen and oxygen atoms in total. The number of carbonyl (C=O) groups excluding carboxylic acids is 2. The lowest BCUT2D eigenvalue weighted by Crippen LogP contribution is -2.50. The zero-order valence-electron chi connectivity index (χ0n) is 16.2. The van der Waals surface area contributed by atoms with Gasteiger partial charge in [0.25, 0.3) is 0 Å². The molecule has 1 fully saturated rings. The highest BCUT2D eigenvalue weighted by molar-refractivity contribution is 5.87. The number of hydrogen-bond donors (Lipinski definition) is 0. The molecule has 1 aromatic heterocycles. The fraction of sp³-hybridized carbons (Fsp3) is 0.304. The molecule has 0 unspecified atom stereocenters. The van der Waals surface area contributed by atoms with Crippen molar-refractivity contribution >= 4 is 22.7 Å². The van der Waals surface area contributed by atoms with Crippen molar-refractivity contribution in [1.82, 2.24) is 14.4 Å². The number of carbonyl (C=O) groups is 2. The van der Waals surface area contributed by atoms with Crippen LogP contribution in [0.3, 0.4) is 0 Å². The molecule has 1 aliphatic heterocycles. The lowest BCUT2D eigenvalue weighted by Gasteiger charge is -2.34. The van der Waals surface area contributed by atoms with Crippen molar-refractivity contribution in [2.45, 2.75) is 19.9 Å². The lowest BCUT2D eigenvalue weighted by molar-refractivity contribution is -0.138. The highest BCUT2D eigenvalue weighted by atomic mass is 16.2. The topological polar surface area (TPSA) is 45.6 Å². The summed E-state index contributed by atoms with van der Waals surface area (Å²) < 4.78 is 2.24. The molecule has 4 rings (SSSR count). The van der Waals surface area contributed by atoms with E-state index in [-0.39, 0.29) is 11.8 Å². The van der Waals surface area contributed by atoms with E-state index in [1.54, 1.807) is 11.8 Å². The van der Waals surface area contributed by atoms with Gasteiger partial charge in [0.1, 0.15) is 0 Å². The Morgan fingerprint density at radius 1 is 0.857 bits per heavy atom. The van der Waals surface area contributed by atoms with Gasteiger partial charge in [0.15, 0.2) is 0 Å². The molecular weight excluding hydrogens is 350 g/mol. The average Bonchev–Trinajstić information content (AvgIpc) is 3.11. The van der Waals surface area contributed by atoms with Gasteiger partial charge in [-0.3, -0.25) is 9.59 Å². The van der Waals surface area contributed by atoms with Crippen LogP contribution in [0.5, 0.6) is 0 Å². The number of piperazine rings is 1. The first-order chi connectivity index (χ1) is 13.6. The number of benzene rings is 2. The van der Waals surface area contributed by atoms with Gasteiger partial charge in [-0.05, 0) is 17.7 Å². The van der Waals surface area contributed by atoms with Gasteiger partial charge in [0.2, 0.25) is 11.8 Å². The molecule has 0 bridgehead atoms. The number of amides is 2. The predicted molar refractivity (Wildman–Crippen MR) is 111 cm³/mol. The number of nitrogens with zero attached hydrogens (tertiary/aromatic N) is 3. The van der Waals surface area contributed by atoms with Gasteiger partial charge in [-0.15, -0.1) is 0 Å². The summed E-state index contributed by atoms with van der Waals surface area (Å²) in [5, 5.41) is 1.18. The fourth-order valence-electron chi connectivity index (χ4n) is 3.94. The summed E-state index contributed by atoms with van der Waals surface area (Å²) in [6.07, 6.45) is 0.457. The molecule has 0 radical (unpaired) electrons. The zero-order valence-corrected chi connectivity index (χ0v) is 16.2. The van der Waals surface area contributed by atoms with E-state index in [1.807, 2.05) is 35.2 Å². The van der Waals surface area contributed by atoms with Crippen molar-refractivity contribution in [3.8, 4) is 11.3 Å². The SMILES string of the molecule is CC(=O)N1CCN(C(=O)CCn2c(-c3ccccc3)cc3ccccc32)CC1. The smallest absolute Gasteiger partial charge is 0.224 e. The second-order valence-electron chi connectivity index (χ2n) is 7.24. The van der Waals surface area contributed by atoms with Gasteiger partial charge in [-0.2, -0.15) is 0 Å². The number of para-hydroxylation sites is 1. The summed E-state index contributed by atoms with van der Waals surface area (Å²) in [5.74, 6) is 0.235. The van der Waals surface area contributed by atoms with Gasteiger partial charge in [0.05, 0.1) is 0 Å². The third-order valence-corrected chi connectivity index (χ3v) is 5.51. The van der Waals surface area contributed by atoms with Gasteiger partial charge in [-0.1, -0.05) is 48.5 Å². The van der Waals surface area contributed by atoms with Crippen LogP contribution in [0.4, 0.5) is 0 Å². The van der Waals surface area contributed by atoms with E-state index in [2.05, 4.69) is 34.9 Å². The van der Waals surface area contributed by atoms with Crippen LogP contribution in [0.2, 0.25) is 0 Å². The quantitative estimate of drug-likeness (QED) is 0.702. The molecule has 144 valence electrons. The van der Waals surface area contributed by atoms with E-state index < -0.39 is 0 Å². The molecule has 0 atom stereocenters. The Kier molecular flexibility index (Phi) is 5.15. The normalized spacial score (nSPS) is 14.5. The maximum absolute atomic E-state index is 12.8. The molecule has 5 heteroatoms. The van der Waals surface area contributed by atoms with Crippen LogP contribution in [-0.4, -0.2) is 52.4 Å². The Labute approximate surface area is 165 Å². The fourth-order valence-corrected chi connectivity index (χ4v) is 3.94. The molecule has 0 N–H and O–H groups in total. The van der Waals surface area contributed by atoms with Crippen LogP contribution in [-0.2, 0) is 16.1 Å². The van der Waals surface area contributed by atoms with E-state index >= 15 is 0 Å². The molecule has 1 aliphatic rings. The van der Waals surface area contributed by atoms with E-state index in [9.17, 15) is 9.59 Å². The number of hydrogen-bond acceptors (Lipinski definition) is 2. The standard InChI is InChI=1S/C23H25N3O2/c1-18(27)24-13-15-25(16-14-24)23(28)11-12-26-21-10-6-5-9-20(21)17-22(26)19-7-3-2-4-8-19/h2-10,17H,11-16H2,1H3. The number of rotatable bonds is 4. The molecule has 2 aromatic carbocycles. The Bertz CT molecular complexity index is 986. The molecule has 0 saturated carbocycles. The third kappa shape index (κ3) is 3.65. The van der Waals surface area contributed by atoms with E-state index in [0.29, 0.717) is 39.1 Å². The maximum atomic E-state index is 12.8. The molecule has 0 aliphatic carbocycles. The first-order valence-electron chi connectivity index (χ1n) is 9.80. The first kappa shape index (κ1) is 18.3. The Morgan fingerprint density at radius 3 is 2.21 bits per heavy atom. The highest BCUT2D eigenvalue weighted by Gasteiger charge is 2.22. The predicted octanol–water partition coefficient (Wildman–Crippen LogP) is 3.39. The maximum Gasteiger partial charge on any atom is 0.224 e. The van der Waals surface area contributed by atoms with Crippen LogP contribution < -0.4 is 0 Å². The van der Waals surface area contributed by atoms with Gasteiger partial charge in [0, 0.05) is 62.7 Å². The van der Waals surface area contributed by atoms with Crippen LogP contribution in [0.25, 0.3) is 22.2 Å². The van der Waals surface area contributed by atoms with E-state index in [0.717, 1.165) is 16.8 Å². The van der Waals surface area contributed by atoms with Crippen molar-refractivity contribution in [3.05, 3.63) is 60.7 Å². The summed E-state index contributed by atoms with van der Waals surface area (Å²) in [7, 11) is 0. The summed E-state index contributed by atoms with van der Waals surface area (Å²) in [4.78, 5) is 27.9. The lowest BCUT2D eigenvalue weighted by atomic mass is 10.1. The Balaban J connectivity index is 1.52. The number of fused-ring (bicyclic) bond motifs is 1. The molecule has 28 heavy (non-hydrogen) atoms. The third-order valence-electron chi connectivity index (χ3n) is 5.51. The summed E-state index contributed by atoms with van der Waals surface area (Å²) in [6, 6.07) is 20.8. The second-order valence-corrected chi connectivity index (χ2v) is 7.24. The van der Waals surface area contributed by atoms with Crippen molar-refractivity contribution in [1.29, 1.82) is 0 Å². The Hall–Kier alpha value is -3.08. The number of aryl methyl sites for hydroxylation is 1. The summed E-state index contributed by atoms with van der Waals surface area (Å²) in [5.41, 5.74) is 3.44. The molecule has 2 amide bonds. The monoisotopic (exact) mass is 375 g/mol. The van der Waals surface area contributed by atoms with Crippen molar-refractivity contribution < 1.29 is 9.59 Å². The van der Waals surface area contributed by atoms with Crippen LogP contribution in [0.15, 0.2) is 60.7 Å².